The SMILES string of the molecule is C=C/C(=C\N(C)C)c1cc(O)c(CC)c(P)c1N1CCC2(CC1)OCCO2. The summed E-state index contributed by atoms with van der Waals surface area (Å²) in [6.45, 7) is 9.15. The van der Waals surface area contributed by atoms with Gasteiger partial charge in [0.05, 0.1) is 18.9 Å². The Hall–Kier alpha value is -1.55. The van der Waals surface area contributed by atoms with Crippen LogP contribution in [-0.2, 0) is 15.9 Å². The average Bonchev–Trinajstić information content (AvgIpc) is 3.09. The maximum absolute atomic E-state index is 10.6. The second-order valence-electron chi connectivity index (χ2n) is 7.38. The van der Waals surface area contributed by atoms with Crippen LogP contribution in [0.2, 0.25) is 0 Å². The number of phenolic OH excluding ortho intramolecular Hbond substituents is 1. The Morgan fingerprint density at radius 2 is 1.96 bits per heavy atom. The van der Waals surface area contributed by atoms with Crippen LogP contribution >= 0.6 is 9.24 Å². The van der Waals surface area contributed by atoms with E-state index in [0.29, 0.717) is 19.0 Å². The molecule has 1 atom stereocenters. The number of ether oxygens (including phenoxy) is 2. The summed E-state index contributed by atoms with van der Waals surface area (Å²) in [5, 5.41) is 11.7. The van der Waals surface area contributed by atoms with E-state index in [4.69, 9.17) is 9.47 Å². The molecule has 148 valence electrons. The van der Waals surface area contributed by atoms with Gasteiger partial charge in [-0.2, -0.15) is 0 Å². The molecule has 1 spiro atoms. The summed E-state index contributed by atoms with van der Waals surface area (Å²) in [7, 11) is 6.83. The molecule has 2 fully saturated rings. The van der Waals surface area contributed by atoms with E-state index in [2.05, 4.69) is 27.6 Å². The molecule has 2 saturated heterocycles. The summed E-state index contributed by atoms with van der Waals surface area (Å²) in [5.74, 6) is -0.0631. The van der Waals surface area contributed by atoms with Crippen LogP contribution in [0.5, 0.6) is 5.75 Å². The van der Waals surface area contributed by atoms with Crippen LogP contribution in [0, 0.1) is 0 Å². The van der Waals surface area contributed by atoms with Crippen LogP contribution in [0.1, 0.15) is 30.9 Å². The van der Waals surface area contributed by atoms with Crippen molar-refractivity contribution in [1.82, 2.24) is 4.90 Å². The molecular formula is C21H31N2O3P. The lowest BCUT2D eigenvalue weighted by atomic mass is 9.96. The highest BCUT2D eigenvalue weighted by Gasteiger charge is 2.40. The number of phenols is 1. The summed E-state index contributed by atoms with van der Waals surface area (Å²) >= 11 is 0. The predicted octanol–water partition coefficient (Wildman–Crippen LogP) is 2.89. The number of hydrogen-bond acceptors (Lipinski definition) is 5. The minimum absolute atomic E-state index is 0.337. The summed E-state index contributed by atoms with van der Waals surface area (Å²) in [4.78, 5) is 4.39. The van der Waals surface area contributed by atoms with Crippen molar-refractivity contribution in [3.8, 4) is 5.75 Å². The normalized spacial score (nSPS) is 19.6. The Morgan fingerprint density at radius 3 is 2.48 bits per heavy atom. The molecular weight excluding hydrogens is 359 g/mol. The van der Waals surface area contributed by atoms with Gasteiger partial charge in [-0.15, -0.1) is 9.24 Å². The smallest absolute Gasteiger partial charge is 0.171 e. The van der Waals surface area contributed by atoms with E-state index in [1.54, 1.807) is 0 Å². The Morgan fingerprint density at radius 1 is 1.33 bits per heavy atom. The van der Waals surface area contributed by atoms with E-state index in [0.717, 1.165) is 60.0 Å². The minimum atomic E-state index is -0.400. The topological polar surface area (TPSA) is 45.2 Å². The molecule has 0 amide bonds. The molecule has 27 heavy (non-hydrogen) atoms. The number of aromatic hydroxyl groups is 1. The zero-order chi connectivity index (χ0) is 19.6. The Kier molecular flexibility index (Phi) is 6.15. The first-order valence-electron chi connectivity index (χ1n) is 9.59. The highest BCUT2D eigenvalue weighted by atomic mass is 31.0. The number of hydrogen-bond donors (Lipinski definition) is 1. The molecule has 0 bridgehead atoms. The molecule has 0 radical (unpaired) electrons. The van der Waals surface area contributed by atoms with Crippen LogP contribution in [-0.4, -0.2) is 56.2 Å². The van der Waals surface area contributed by atoms with Gasteiger partial charge in [0.2, 0.25) is 0 Å². The van der Waals surface area contributed by atoms with Crippen LogP contribution in [0.15, 0.2) is 24.9 Å². The number of anilines is 1. The largest absolute Gasteiger partial charge is 0.508 e. The van der Waals surface area contributed by atoms with Crippen molar-refractivity contribution in [3.05, 3.63) is 36.0 Å². The quantitative estimate of drug-likeness (QED) is 0.619. The molecule has 0 saturated carbocycles. The first-order chi connectivity index (χ1) is 12.9. The van der Waals surface area contributed by atoms with Gasteiger partial charge in [0.25, 0.3) is 0 Å². The van der Waals surface area contributed by atoms with Gasteiger partial charge >= 0.3 is 0 Å². The number of allylic oxidation sites excluding steroid dienone is 2. The van der Waals surface area contributed by atoms with E-state index in [1.807, 2.05) is 37.3 Å². The third kappa shape index (κ3) is 4.01. The molecule has 0 aliphatic carbocycles. The van der Waals surface area contributed by atoms with Crippen molar-refractivity contribution < 1.29 is 14.6 Å². The fraction of sp³-hybridized carbons (Fsp3) is 0.524. The second kappa shape index (κ2) is 8.22. The molecule has 2 aliphatic heterocycles. The van der Waals surface area contributed by atoms with Gasteiger partial charge in [0.15, 0.2) is 5.79 Å². The number of rotatable bonds is 5. The molecule has 1 aromatic rings. The number of nitrogens with zero attached hydrogens (tertiary/aromatic N) is 2. The average molecular weight is 390 g/mol. The van der Waals surface area contributed by atoms with Gasteiger partial charge in [-0.25, -0.2) is 0 Å². The fourth-order valence-corrected chi connectivity index (χ4v) is 4.71. The molecule has 5 nitrogen and oxygen atoms in total. The summed E-state index contributed by atoms with van der Waals surface area (Å²) in [6, 6.07) is 1.88. The van der Waals surface area contributed by atoms with E-state index < -0.39 is 5.79 Å². The molecule has 1 unspecified atom stereocenters. The Bertz CT molecular complexity index is 729. The van der Waals surface area contributed by atoms with E-state index in [9.17, 15) is 5.11 Å². The van der Waals surface area contributed by atoms with Crippen molar-refractivity contribution in [2.24, 2.45) is 0 Å². The van der Waals surface area contributed by atoms with Crippen molar-refractivity contribution in [2.75, 3.05) is 45.3 Å². The monoisotopic (exact) mass is 390 g/mol. The third-order valence-corrected chi connectivity index (χ3v) is 5.98. The molecule has 3 rings (SSSR count). The Labute approximate surface area is 164 Å². The molecule has 2 heterocycles. The second-order valence-corrected chi connectivity index (χ2v) is 7.96. The summed E-state index contributed by atoms with van der Waals surface area (Å²) in [6.07, 6.45) is 6.36. The van der Waals surface area contributed by atoms with E-state index in [1.165, 1.54) is 0 Å². The highest BCUT2D eigenvalue weighted by molar-refractivity contribution is 7.28. The summed E-state index contributed by atoms with van der Waals surface area (Å²) in [5.41, 5.74) is 4.11. The molecule has 1 aromatic carbocycles. The minimum Gasteiger partial charge on any atom is -0.508 e. The lowest BCUT2D eigenvalue weighted by Gasteiger charge is -2.40. The van der Waals surface area contributed by atoms with Gasteiger partial charge in [-0.3, -0.25) is 0 Å². The van der Waals surface area contributed by atoms with Gasteiger partial charge in [0.1, 0.15) is 5.75 Å². The number of piperidine rings is 1. The van der Waals surface area contributed by atoms with Crippen LogP contribution in [0.25, 0.3) is 5.57 Å². The van der Waals surface area contributed by atoms with Crippen LogP contribution in [0.3, 0.4) is 0 Å². The first kappa shape index (κ1) is 20.2. The Balaban J connectivity index is 2.03. The first-order valence-corrected chi connectivity index (χ1v) is 10.2. The molecule has 2 aliphatic rings. The van der Waals surface area contributed by atoms with Crippen LogP contribution < -0.4 is 10.2 Å². The van der Waals surface area contributed by atoms with E-state index in [-0.39, 0.29) is 0 Å². The third-order valence-electron chi connectivity index (χ3n) is 5.36. The lowest BCUT2D eigenvalue weighted by molar-refractivity contribution is -0.169. The van der Waals surface area contributed by atoms with Gasteiger partial charge in [-0.05, 0) is 18.1 Å². The van der Waals surface area contributed by atoms with Crippen molar-refractivity contribution >= 4 is 25.8 Å². The molecule has 1 N–H and O–H groups in total. The molecule has 6 heteroatoms. The van der Waals surface area contributed by atoms with Crippen molar-refractivity contribution in [1.29, 1.82) is 0 Å². The van der Waals surface area contributed by atoms with Gasteiger partial charge in [0, 0.05) is 62.7 Å². The fourth-order valence-electron chi connectivity index (χ4n) is 4.02. The zero-order valence-corrected chi connectivity index (χ0v) is 17.8. The van der Waals surface area contributed by atoms with Crippen molar-refractivity contribution in [2.45, 2.75) is 32.0 Å². The van der Waals surface area contributed by atoms with Crippen molar-refractivity contribution in [3.63, 3.8) is 0 Å². The van der Waals surface area contributed by atoms with Crippen LogP contribution in [0.4, 0.5) is 5.69 Å². The van der Waals surface area contributed by atoms with E-state index >= 15 is 0 Å². The number of benzene rings is 1. The highest BCUT2D eigenvalue weighted by Crippen LogP contribution is 2.38. The molecule has 0 aromatic heterocycles. The van der Waals surface area contributed by atoms with Gasteiger partial charge in [-0.1, -0.05) is 19.6 Å². The maximum atomic E-state index is 10.6. The predicted molar refractivity (Wildman–Crippen MR) is 115 cm³/mol. The standard InChI is InChI=1S/C21H31N2O3P/c1-5-15(14-22(3)4)17-13-18(24)16(6-2)20(27)19(17)23-9-7-21(8-10-23)25-11-12-26-21/h5,13-14,24H,1,6-12,27H2,2-4H3/b15-14+. The summed E-state index contributed by atoms with van der Waals surface area (Å²) < 4.78 is 11.8. The zero-order valence-electron chi connectivity index (χ0n) is 16.6. The maximum Gasteiger partial charge on any atom is 0.171 e. The van der Waals surface area contributed by atoms with Gasteiger partial charge < -0.3 is 24.4 Å². The lowest BCUT2D eigenvalue weighted by Crippen LogP contribution is -2.46.